The largest absolute Gasteiger partial charge is 0.457 e. The number of carbonyl (C=O) groups is 1. The van der Waals surface area contributed by atoms with Gasteiger partial charge in [0.15, 0.2) is 0 Å². The lowest BCUT2D eigenvalue weighted by molar-refractivity contribution is 0.0650. The molecule has 0 spiro atoms. The van der Waals surface area contributed by atoms with Gasteiger partial charge >= 0.3 is 0 Å². The van der Waals surface area contributed by atoms with Crippen LogP contribution < -0.4 is 10.1 Å². The average molecular weight is 496 g/mol. The highest BCUT2D eigenvalue weighted by atomic mass is 35.5. The summed E-state index contributed by atoms with van der Waals surface area (Å²) in [7, 11) is 0. The third kappa shape index (κ3) is 5.02. The van der Waals surface area contributed by atoms with Crippen LogP contribution in [0.5, 0.6) is 11.5 Å². The Balaban J connectivity index is 1.41. The summed E-state index contributed by atoms with van der Waals surface area (Å²) in [4.78, 5) is 17.9. The predicted octanol–water partition coefficient (Wildman–Crippen LogP) is 6.84. The number of rotatable bonds is 6. The molecule has 1 unspecified atom stereocenters. The van der Waals surface area contributed by atoms with E-state index in [9.17, 15) is 4.79 Å². The zero-order chi connectivity index (χ0) is 23.5. The molecule has 1 amide bonds. The van der Waals surface area contributed by atoms with E-state index < -0.39 is 0 Å². The second-order valence-electron chi connectivity index (χ2n) is 8.74. The first-order valence-electron chi connectivity index (χ1n) is 11.7. The maximum atomic E-state index is 13.5. The molecule has 2 aliphatic rings. The van der Waals surface area contributed by atoms with Gasteiger partial charge in [0.05, 0.1) is 15.6 Å². The highest BCUT2D eigenvalue weighted by molar-refractivity contribution is 6.42. The lowest BCUT2D eigenvalue weighted by Crippen LogP contribution is -2.47. The lowest BCUT2D eigenvalue weighted by atomic mass is 10.0. The predicted molar refractivity (Wildman–Crippen MR) is 137 cm³/mol. The third-order valence-corrected chi connectivity index (χ3v) is 7.17. The number of ether oxygens (including phenoxy) is 1. The van der Waals surface area contributed by atoms with Crippen LogP contribution in [0.2, 0.25) is 10.0 Å². The first-order valence-corrected chi connectivity index (χ1v) is 12.5. The molecule has 2 aliphatic heterocycles. The molecule has 0 aromatic heterocycles. The molecule has 34 heavy (non-hydrogen) atoms. The number of nitrogens with one attached hydrogen (secondary N) is 1. The summed E-state index contributed by atoms with van der Waals surface area (Å²) in [5.74, 6) is 1.32. The van der Waals surface area contributed by atoms with Gasteiger partial charge in [-0.3, -0.25) is 4.79 Å². The van der Waals surface area contributed by atoms with Crippen LogP contribution in [0.15, 0.2) is 66.7 Å². The first-order chi connectivity index (χ1) is 16.6. The van der Waals surface area contributed by atoms with Crippen LogP contribution in [0.1, 0.15) is 41.3 Å². The van der Waals surface area contributed by atoms with E-state index in [4.69, 9.17) is 27.9 Å². The SMILES string of the molecule is O=C1c2ccccc2NC(c2cccc(Oc3ccc(Cl)c(Cl)c3)c2)N1CCN1CCCCC1. The molecule has 1 atom stereocenters. The number of para-hydroxylation sites is 1. The van der Waals surface area contributed by atoms with Crippen molar-refractivity contribution in [3.05, 3.63) is 87.9 Å². The quantitative estimate of drug-likeness (QED) is 0.406. The summed E-state index contributed by atoms with van der Waals surface area (Å²) in [5, 5.41) is 4.50. The average Bonchev–Trinajstić information content (AvgIpc) is 2.86. The fourth-order valence-electron chi connectivity index (χ4n) is 4.64. The topological polar surface area (TPSA) is 44.8 Å². The highest BCUT2D eigenvalue weighted by Gasteiger charge is 2.33. The van der Waals surface area contributed by atoms with Gasteiger partial charge in [-0.15, -0.1) is 0 Å². The highest BCUT2D eigenvalue weighted by Crippen LogP contribution is 2.35. The first kappa shape index (κ1) is 23.0. The Morgan fingerprint density at radius 3 is 2.47 bits per heavy atom. The smallest absolute Gasteiger partial charge is 0.257 e. The number of amides is 1. The van der Waals surface area contributed by atoms with E-state index in [0.717, 1.165) is 30.9 Å². The van der Waals surface area contributed by atoms with Crippen LogP contribution >= 0.6 is 23.2 Å². The van der Waals surface area contributed by atoms with Gasteiger partial charge in [-0.2, -0.15) is 0 Å². The molecular formula is C27H27Cl2N3O2. The number of benzene rings is 3. The van der Waals surface area contributed by atoms with Crippen molar-refractivity contribution in [2.45, 2.75) is 25.4 Å². The number of hydrogen-bond donors (Lipinski definition) is 1. The van der Waals surface area contributed by atoms with Crippen molar-refractivity contribution < 1.29 is 9.53 Å². The van der Waals surface area contributed by atoms with Crippen LogP contribution in [-0.4, -0.2) is 41.9 Å². The minimum atomic E-state index is -0.287. The van der Waals surface area contributed by atoms with Crippen molar-refractivity contribution in [3.8, 4) is 11.5 Å². The summed E-state index contributed by atoms with van der Waals surface area (Å²) in [6.45, 7) is 3.72. The van der Waals surface area contributed by atoms with Gasteiger partial charge in [-0.05, 0) is 67.9 Å². The summed E-state index contributed by atoms with van der Waals surface area (Å²) in [6.07, 6.45) is 3.46. The number of carbonyl (C=O) groups excluding carboxylic acids is 1. The molecule has 5 nitrogen and oxygen atoms in total. The van der Waals surface area contributed by atoms with E-state index in [1.165, 1.54) is 19.3 Å². The molecule has 0 bridgehead atoms. The molecule has 3 aromatic carbocycles. The molecule has 1 saturated heterocycles. The molecule has 0 aliphatic carbocycles. The third-order valence-electron chi connectivity index (χ3n) is 6.43. The van der Waals surface area contributed by atoms with Crippen molar-refractivity contribution in [2.24, 2.45) is 0 Å². The maximum absolute atomic E-state index is 13.5. The van der Waals surface area contributed by atoms with E-state index in [0.29, 0.717) is 33.7 Å². The van der Waals surface area contributed by atoms with Crippen molar-refractivity contribution in [2.75, 3.05) is 31.5 Å². The fourth-order valence-corrected chi connectivity index (χ4v) is 4.93. The van der Waals surface area contributed by atoms with Gasteiger partial charge in [-0.1, -0.05) is 53.9 Å². The molecule has 0 radical (unpaired) electrons. The van der Waals surface area contributed by atoms with Crippen molar-refractivity contribution >= 4 is 34.8 Å². The molecular weight excluding hydrogens is 469 g/mol. The molecule has 5 rings (SSSR count). The van der Waals surface area contributed by atoms with E-state index in [1.54, 1.807) is 18.2 Å². The number of likely N-dealkylation sites (tertiary alicyclic amines) is 1. The number of anilines is 1. The van der Waals surface area contributed by atoms with Crippen molar-refractivity contribution in [3.63, 3.8) is 0 Å². The summed E-state index contributed by atoms with van der Waals surface area (Å²) in [6, 6.07) is 20.7. The molecule has 0 saturated carbocycles. The van der Waals surface area contributed by atoms with Crippen LogP contribution in [0.25, 0.3) is 0 Å². The molecule has 3 aromatic rings. The maximum Gasteiger partial charge on any atom is 0.257 e. The molecule has 1 N–H and O–H groups in total. The minimum Gasteiger partial charge on any atom is -0.457 e. The summed E-state index contributed by atoms with van der Waals surface area (Å²) < 4.78 is 6.05. The van der Waals surface area contributed by atoms with Crippen molar-refractivity contribution in [1.82, 2.24) is 9.80 Å². The van der Waals surface area contributed by atoms with Gasteiger partial charge in [0.1, 0.15) is 17.7 Å². The zero-order valence-electron chi connectivity index (χ0n) is 18.8. The minimum absolute atomic E-state index is 0.0483. The summed E-state index contributed by atoms with van der Waals surface area (Å²) in [5.41, 5.74) is 2.52. The number of fused-ring (bicyclic) bond motifs is 1. The van der Waals surface area contributed by atoms with Gasteiger partial charge in [0.2, 0.25) is 0 Å². The van der Waals surface area contributed by atoms with E-state index >= 15 is 0 Å². The van der Waals surface area contributed by atoms with E-state index in [-0.39, 0.29) is 12.1 Å². The Kier molecular flexibility index (Phi) is 6.95. The second-order valence-corrected chi connectivity index (χ2v) is 9.56. The van der Waals surface area contributed by atoms with E-state index in [2.05, 4.69) is 10.2 Å². The normalized spacial score (nSPS) is 18.4. The van der Waals surface area contributed by atoms with Crippen LogP contribution in [0.3, 0.4) is 0 Å². The molecule has 176 valence electrons. The van der Waals surface area contributed by atoms with E-state index in [1.807, 2.05) is 53.4 Å². The van der Waals surface area contributed by atoms with Crippen LogP contribution in [0.4, 0.5) is 5.69 Å². The molecule has 1 fully saturated rings. The van der Waals surface area contributed by atoms with Crippen molar-refractivity contribution in [1.29, 1.82) is 0 Å². The number of halogens is 2. The number of piperidine rings is 1. The van der Waals surface area contributed by atoms with Gasteiger partial charge in [0, 0.05) is 24.8 Å². The van der Waals surface area contributed by atoms with Crippen LogP contribution in [-0.2, 0) is 0 Å². The Hall–Kier alpha value is -2.73. The summed E-state index contributed by atoms with van der Waals surface area (Å²) >= 11 is 12.2. The van der Waals surface area contributed by atoms with Crippen LogP contribution in [0, 0.1) is 0 Å². The number of hydrogen-bond acceptors (Lipinski definition) is 4. The molecule has 2 heterocycles. The Labute approximate surface area is 210 Å². The van der Waals surface area contributed by atoms with Gasteiger partial charge in [-0.25, -0.2) is 0 Å². The van der Waals surface area contributed by atoms with Gasteiger partial charge in [0.25, 0.3) is 5.91 Å². The monoisotopic (exact) mass is 495 g/mol. The Bertz CT molecular complexity index is 1180. The second kappa shape index (κ2) is 10.3. The lowest BCUT2D eigenvalue weighted by Gasteiger charge is -2.39. The zero-order valence-corrected chi connectivity index (χ0v) is 20.4. The number of nitrogens with zero attached hydrogens (tertiary/aromatic N) is 2. The Morgan fingerprint density at radius 1 is 0.853 bits per heavy atom. The van der Waals surface area contributed by atoms with Gasteiger partial charge < -0.3 is 19.9 Å². The fraction of sp³-hybridized carbons (Fsp3) is 0.296. The Morgan fingerprint density at radius 2 is 1.65 bits per heavy atom. The standard InChI is InChI=1S/C27H27Cl2N3O2/c28-23-12-11-21(18-24(23)29)34-20-8-6-7-19(17-20)26-30-25-10-3-2-9-22(25)27(33)32(26)16-15-31-13-4-1-5-14-31/h2-3,6-12,17-18,26,30H,1,4-5,13-16H2. The molecule has 7 heteroatoms.